The van der Waals surface area contributed by atoms with E-state index in [1.165, 1.54) is 7.11 Å². The molecule has 3 aromatic rings. The maximum atomic E-state index is 11.3. The molecule has 3 aromatic carbocycles. The first-order chi connectivity index (χ1) is 11.2. The second-order valence-electron chi connectivity index (χ2n) is 4.88. The smallest absolute Gasteiger partial charge is 0.316 e. The summed E-state index contributed by atoms with van der Waals surface area (Å²) in [5, 5.41) is 10.5. The lowest BCUT2D eigenvalue weighted by molar-refractivity contribution is -0.736. The van der Waals surface area contributed by atoms with Crippen LogP contribution in [0.15, 0.2) is 70.9 Å². The SMILES string of the molecule is CO[N+](=O)c1ccc(N=Nc2c(N)ccc3ccccc23)cc1. The van der Waals surface area contributed by atoms with E-state index in [1.54, 1.807) is 24.3 Å². The van der Waals surface area contributed by atoms with E-state index in [1.807, 2.05) is 36.4 Å². The molecule has 114 valence electrons. The molecule has 0 amide bonds. The first-order valence-corrected chi connectivity index (χ1v) is 6.99. The minimum atomic E-state index is 0.385. The monoisotopic (exact) mass is 307 g/mol. The van der Waals surface area contributed by atoms with E-state index >= 15 is 0 Å². The molecule has 0 aliphatic carbocycles. The van der Waals surface area contributed by atoms with Gasteiger partial charge in [0.15, 0.2) is 7.11 Å². The van der Waals surface area contributed by atoms with Gasteiger partial charge in [0, 0.05) is 17.5 Å². The van der Waals surface area contributed by atoms with Gasteiger partial charge in [0.05, 0.1) is 16.3 Å². The normalized spacial score (nSPS) is 11.0. The molecule has 0 saturated carbocycles. The summed E-state index contributed by atoms with van der Waals surface area (Å²) in [6.07, 6.45) is 0. The number of nitrogen functional groups attached to an aromatic ring is 1. The largest absolute Gasteiger partial charge is 0.397 e. The number of nitrogens with two attached hydrogens (primary N) is 1. The van der Waals surface area contributed by atoms with Gasteiger partial charge in [0.25, 0.3) is 4.92 Å². The van der Waals surface area contributed by atoms with Crippen molar-refractivity contribution in [3.05, 3.63) is 65.6 Å². The molecule has 6 nitrogen and oxygen atoms in total. The minimum absolute atomic E-state index is 0.385. The summed E-state index contributed by atoms with van der Waals surface area (Å²) in [5.41, 5.74) is 8.21. The highest BCUT2D eigenvalue weighted by atomic mass is 16.8. The average molecular weight is 307 g/mol. The Bertz CT molecular complexity index is 889. The van der Waals surface area contributed by atoms with E-state index in [9.17, 15) is 4.91 Å². The number of hydrogen-bond donors (Lipinski definition) is 1. The molecule has 0 aliphatic heterocycles. The Morgan fingerprint density at radius 3 is 2.43 bits per heavy atom. The third kappa shape index (κ3) is 3.01. The molecular formula is C17H15N4O2+. The molecule has 0 spiro atoms. The van der Waals surface area contributed by atoms with Gasteiger partial charge in [0.1, 0.15) is 5.69 Å². The Hall–Kier alpha value is -3.28. The molecular weight excluding hydrogens is 292 g/mol. The van der Waals surface area contributed by atoms with Gasteiger partial charge in [-0.25, -0.2) is 4.84 Å². The molecule has 0 atom stereocenters. The lowest BCUT2D eigenvalue weighted by atomic mass is 10.1. The van der Waals surface area contributed by atoms with Gasteiger partial charge >= 0.3 is 5.69 Å². The van der Waals surface area contributed by atoms with Gasteiger partial charge in [-0.2, -0.15) is 5.11 Å². The molecule has 3 rings (SSSR count). The zero-order valence-corrected chi connectivity index (χ0v) is 12.5. The molecule has 6 heteroatoms. The van der Waals surface area contributed by atoms with E-state index in [0.29, 0.717) is 27.7 Å². The van der Waals surface area contributed by atoms with Crippen LogP contribution in [0, 0.1) is 4.91 Å². The quantitative estimate of drug-likeness (QED) is 0.426. The van der Waals surface area contributed by atoms with Gasteiger partial charge in [-0.3, -0.25) is 0 Å². The third-order valence-corrected chi connectivity index (χ3v) is 3.42. The summed E-state index contributed by atoms with van der Waals surface area (Å²) in [6.45, 7) is 0. The van der Waals surface area contributed by atoms with Gasteiger partial charge in [-0.15, -0.1) is 5.11 Å². The molecule has 23 heavy (non-hydrogen) atoms. The minimum Gasteiger partial charge on any atom is -0.397 e. The van der Waals surface area contributed by atoms with Crippen LogP contribution < -0.4 is 5.73 Å². The molecule has 0 aliphatic rings. The van der Waals surface area contributed by atoms with Gasteiger partial charge in [-0.05, 0) is 23.6 Å². The van der Waals surface area contributed by atoms with Crippen LogP contribution in [-0.4, -0.2) is 12.0 Å². The van der Waals surface area contributed by atoms with Crippen molar-refractivity contribution in [3.63, 3.8) is 0 Å². The van der Waals surface area contributed by atoms with Crippen molar-refractivity contribution in [3.8, 4) is 0 Å². The summed E-state index contributed by atoms with van der Waals surface area (Å²) in [4.78, 5) is 16.3. The summed E-state index contributed by atoms with van der Waals surface area (Å²) in [5.74, 6) is 0. The molecule has 0 radical (unpaired) electrons. The first kappa shape index (κ1) is 14.6. The van der Waals surface area contributed by atoms with Gasteiger partial charge in [0.2, 0.25) is 0 Å². The fourth-order valence-corrected chi connectivity index (χ4v) is 2.24. The Balaban J connectivity index is 1.94. The summed E-state index contributed by atoms with van der Waals surface area (Å²) in [7, 11) is 1.31. The Labute approximate surface area is 132 Å². The Morgan fingerprint density at radius 1 is 0.957 bits per heavy atom. The van der Waals surface area contributed by atoms with E-state index < -0.39 is 0 Å². The van der Waals surface area contributed by atoms with Crippen LogP contribution in [0.25, 0.3) is 10.8 Å². The topological polar surface area (TPSA) is 80.0 Å². The maximum absolute atomic E-state index is 11.3. The van der Waals surface area contributed by atoms with Crippen molar-refractivity contribution in [2.75, 3.05) is 12.8 Å². The zero-order chi connectivity index (χ0) is 16.2. The lowest BCUT2D eigenvalue weighted by Gasteiger charge is -2.04. The van der Waals surface area contributed by atoms with Crippen LogP contribution in [0.2, 0.25) is 0 Å². The van der Waals surface area contributed by atoms with Crippen molar-refractivity contribution in [2.45, 2.75) is 0 Å². The summed E-state index contributed by atoms with van der Waals surface area (Å²) in [6, 6.07) is 18.2. The van der Waals surface area contributed by atoms with Crippen LogP contribution in [0.4, 0.5) is 22.7 Å². The number of anilines is 1. The highest BCUT2D eigenvalue weighted by Crippen LogP contribution is 2.33. The maximum Gasteiger partial charge on any atom is 0.316 e. The first-order valence-electron chi connectivity index (χ1n) is 6.99. The van der Waals surface area contributed by atoms with Crippen LogP contribution in [0.3, 0.4) is 0 Å². The predicted molar refractivity (Wildman–Crippen MR) is 89.3 cm³/mol. The van der Waals surface area contributed by atoms with Crippen molar-refractivity contribution in [2.24, 2.45) is 10.2 Å². The van der Waals surface area contributed by atoms with Gasteiger partial charge in [-0.1, -0.05) is 30.3 Å². The van der Waals surface area contributed by atoms with Crippen LogP contribution >= 0.6 is 0 Å². The number of rotatable bonds is 4. The zero-order valence-electron chi connectivity index (χ0n) is 12.5. The third-order valence-electron chi connectivity index (χ3n) is 3.42. The summed E-state index contributed by atoms with van der Waals surface area (Å²) < 4.78 is 0. The molecule has 0 heterocycles. The Morgan fingerprint density at radius 2 is 1.70 bits per heavy atom. The molecule has 2 N–H and O–H groups in total. The van der Waals surface area contributed by atoms with E-state index in [0.717, 1.165) is 10.8 Å². The number of nitrogens with zero attached hydrogens (tertiary/aromatic N) is 3. The molecule has 0 saturated heterocycles. The summed E-state index contributed by atoms with van der Waals surface area (Å²) >= 11 is 0. The van der Waals surface area contributed by atoms with Crippen LogP contribution in [0.1, 0.15) is 0 Å². The molecule has 0 bridgehead atoms. The van der Waals surface area contributed by atoms with Crippen molar-refractivity contribution in [1.29, 1.82) is 0 Å². The molecule has 0 aromatic heterocycles. The van der Waals surface area contributed by atoms with Crippen molar-refractivity contribution >= 4 is 33.5 Å². The Kier molecular flexibility index (Phi) is 3.97. The molecule has 0 unspecified atom stereocenters. The fourth-order valence-electron chi connectivity index (χ4n) is 2.24. The number of benzene rings is 3. The van der Waals surface area contributed by atoms with E-state index in [2.05, 4.69) is 15.1 Å². The van der Waals surface area contributed by atoms with Crippen LogP contribution in [-0.2, 0) is 4.84 Å². The van der Waals surface area contributed by atoms with Crippen molar-refractivity contribution in [1.82, 2.24) is 0 Å². The average Bonchev–Trinajstić information content (AvgIpc) is 2.60. The highest BCUT2D eigenvalue weighted by Gasteiger charge is 2.12. The van der Waals surface area contributed by atoms with Gasteiger partial charge < -0.3 is 5.73 Å². The van der Waals surface area contributed by atoms with E-state index in [-0.39, 0.29) is 0 Å². The fraction of sp³-hybridized carbons (Fsp3) is 0.0588. The van der Waals surface area contributed by atoms with Crippen molar-refractivity contribution < 1.29 is 9.76 Å². The standard InChI is InChI=1S/C17H15N4O2/c1-23-21(22)14-9-7-13(8-10-14)19-20-17-15-5-3-2-4-12(15)6-11-16(17)18/h2-11H,18H2,1H3/q+1. The van der Waals surface area contributed by atoms with Crippen LogP contribution in [0.5, 0.6) is 0 Å². The highest BCUT2D eigenvalue weighted by molar-refractivity contribution is 5.97. The lowest BCUT2D eigenvalue weighted by Crippen LogP contribution is -1.96. The number of azo groups is 1. The second-order valence-corrected chi connectivity index (χ2v) is 4.88. The predicted octanol–water partition coefficient (Wildman–Crippen LogP) is 4.81. The number of fused-ring (bicyclic) bond motifs is 1. The van der Waals surface area contributed by atoms with E-state index in [4.69, 9.17) is 5.73 Å². The molecule has 0 fully saturated rings. The number of hydrogen-bond acceptors (Lipinski definition) is 5. The second kappa shape index (κ2) is 6.23.